The first-order valence-corrected chi connectivity index (χ1v) is 7.08. The SMILES string of the molecule is CCN(CCC(=O)O)S(=O)(=O)c1ccccc1C#N. The number of nitrogens with zero attached hydrogens (tertiary/aromatic N) is 2. The minimum absolute atomic E-state index is 0.0521. The van der Waals surface area contributed by atoms with Crippen molar-refractivity contribution in [1.82, 2.24) is 4.31 Å². The largest absolute Gasteiger partial charge is 0.481 e. The second-order valence-corrected chi connectivity index (χ2v) is 5.65. The molecule has 0 bridgehead atoms. The zero-order valence-corrected chi connectivity index (χ0v) is 11.2. The Morgan fingerprint density at radius 2 is 2.05 bits per heavy atom. The monoisotopic (exact) mass is 282 g/mol. The first-order chi connectivity index (χ1) is 8.93. The number of aliphatic carboxylic acids is 1. The minimum Gasteiger partial charge on any atom is -0.481 e. The van der Waals surface area contributed by atoms with E-state index < -0.39 is 16.0 Å². The fraction of sp³-hybridized carbons (Fsp3) is 0.333. The minimum atomic E-state index is -3.84. The van der Waals surface area contributed by atoms with E-state index in [4.69, 9.17) is 10.4 Å². The summed E-state index contributed by atoms with van der Waals surface area (Å²) >= 11 is 0. The molecule has 1 N–H and O–H groups in total. The van der Waals surface area contributed by atoms with E-state index in [1.54, 1.807) is 13.0 Å². The van der Waals surface area contributed by atoms with Gasteiger partial charge in [0.15, 0.2) is 0 Å². The van der Waals surface area contributed by atoms with Crippen molar-refractivity contribution in [2.24, 2.45) is 0 Å². The molecule has 0 saturated heterocycles. The fourth-order valence-electron chi connectivity index (χ4n) is 1.59. The highest BCUT2D eigenvalue weighted by molar-refractivity contribution is 7.89. The number of carboxylic acids is 1. The van der Waals surface area contributed by atoms with Crippen molar-refractivity contribution < 1.29 is 18.3 Å². The van der Waals surface area contributed by atoms with Gasteiger partial charge in [-0.1, -0.05) is 19.1 Å². The van der Waals surface area contributed by atoms with Gasteiger partial charge in [0.2, 0.25) is 10.0 Å². The molecule has 0 amide bonds. The van der Waals surface area contributed by atoms with E-state index in [-0.39, 0.29) is 30.0 Å². The summed E-state index contributed by atoms with van der Waals surface area (Å²) < 4.78 is 25.7. The lowest BCUT2D eigenvalue weighted by Crippen LogP contribution is -2.33. The van der Waals surface area contributed by atoms with Gasteiger partial charge in [0.05, 0.1) is 16.9 Å². The van der Waals surface area contributed by atoms with Crippen LogP contribution in [0.15, 0.2) is 29.2 Å². The maximum atomic E-state index is 12.3. The Morgan fingerprint density at radius 3 is 2.58 bits per heavy atom. The van der Waals surface area contributed by atoms with Crippen molar-refractivity contribution in [1.29, 1.82) is 5.26 Å². The molecule has 0 aliphatic rings. The summed E-state index contributed by atoms with van der Waals surface area (Å²) in [5.74, 6) is -1.07. The summed E-state index contributed by atoms with van der Waals surface area (Å²) in [5.41, 5.74) is 0.0521. The molecule has 0 atom stereocenters. The van der Waals surface area contributed by atoms with Gasteiger partial charge in [-0.3, -0.25) is 4.79 Å². The molecule has 102 valence electrons. The van der Waals surface area contributed by atoms with Gasteiger partial charge < -0.3 is 5.11 Å². The topological polar surface area (TPSA) is 98.5 Å². The maximum absolute atomic E-state index is 12.3. The Labute approximate surface area is 111 Å². The quantitative estimate of drug-likeness (QED) is 0.840. The van der Waals surface area contributed by atoms with Crippen LogP contribution < -0.4 is 0 Å². The summed E-state index contributed by atoms with van der Waals surface area (Å²) in [6.45, 7) is 1.65. The first-order valence-electron chi connectivity index (χ1n) is 5.64. The predicted molar refractivity (Wildman–Crippen MR) is 67.8 cm³/mol. The average molecular weight is 282 g/mol. The van der Waals surface area contributed by atoms with Crippen LogP contribution in [-0.4, -0.2) is 36.9 Å². The number of sulfonamides is 1. The van der Waals surface area contributed by atoms with Crippen molar-refractivity contribution in [2.45, 2.75) is 18.2 Å². The third-order valence-electron chi connectivity index (χ3n) is 2.55. The summed E-state index contributed by atoms with van der Waals surface area (Å²) in [6, 6.07) is 7.68. The van der Waals surface area contributed by atoms with Crippen molar-refractivity contribution >= 4 is 16.0 Å². The third kappa shape index (κ3) is 3.53. The van der Waals surface area contributed by atoms with E-state index in [0.29, 0.717) is 0 Å². The van der Waals surface area contributed by atoms with Crippen molar-refractivity contribution in [3.05, 3.63) is 29.8 Å². The van der Waals surface area contributed by atoms with Crippen LogP contribution in [0.4, 0.5) is 0 Å². The maximum Gasteiger partial charge on any atom is 0.304 e. The van der Waals surface area contributed by atoms with Crippen molar-refractivity contribution in [2.75, 3.05) is 13.1 Å². The van der Waals surface area contributed by atoms with Crippen LogP contribution in [0.5, 0.6) is 0 Å². The number of rotatable bonds is 6. The molecule has 0 unspecified atom stereocenters. The third-order valence-corrected chi connectivity index (χ3v) is 4.59. The van der Waals surface area contributed by atoms with Gasteiger partial charge in [-0.2, -0.15) is 9.57 Å². The lowest BCUT2D eigenvalue weighted by Gasteiger charge is -2.20. The number of hydrogen-bond donors (Lipinski definition) is 1. The highest BCUT2D eigenvalue weighted by atomic mass is 32.2. The van der Waals surface area contributed by atoms with E-state index in [2.05, 4.69) is 0 Å². The predicted octanol–water partition coefficient (Wildman–Crippen LogP) is 1.04. The van der Waals surface area contributed by atoms with Gasteiger partial charge >= 0.3 is 5.97 Å². The molecule has 0 saturated carbocycles. The highest BCUT2D eigenvalue weighted by Crippen LogP contribution is 2.19. The van der Waals surface area contributed by atoms with Crippen LogP contribution in [-0.2, 0) is 14.8 Å². The summed E-state index contributed by atoms with van der Waals surface area (Å²) in [7, 11) is -3.84. The Hall–Kier alpha value is -1.91. The number of carboxylic acid groups (broad SMARTS) is 1. The van der Waals surface area contributed by atoms with Gasteiger partial charge in [0.1, 0.15) is 6.07 Å². The second-order valence-electron chi connectivity index (χ2n) is 3.75. The van der Waals surface area contributed by atoms with Crippen LogP contribution in [0.2, 0.25) is 0 Å². The molecular formula is C12H14N2O4S. The molecule has 0 aliphatic heterocycles. The molecule has 0 radical (unpaired) electrons. The molecule has 1 aromatic carbocycles. The highest BCUT2D eigenvalue weighted by Gasteiger charge is 2.25. The molecule has 19 heavy (non-hydrogen) atoms. The number of nitriles is 1. The number of hydrogen-bond acceptors (Lipinski definition) is 4. The van der Waals surface area contributed by atoms with Crippen LogP contribution in [0.1, 0.15) is 18.9 Å². The molecule has 1 rings (SSSR count). The first kappa shape index (κ1) is 15.1. The fourth-order valence-corrected chi connectivity index (χ4v) is 3.18. The van der Waals surface area contributed by atoms with E-state index in [0.717, 1.165) is 4.31 Å². The molecule has 0 aliphatic carbocycles. The molecule has 1 aromatic rings. The van der Waals surface area contributed by atoms with Gasteiger partial charge in [-0.25, -0.2) is 8.42 Å². The Kier molecular flexibility index (Phi) is 5.03. The Balaban J connectivity index is 3.14. The Morgan fingerprint density at radius 1 is 1.42 bits per heavy atom. The molecule has 0 aromatic heterocycles. The van der Waals surface area contributed by atoms with E-state index in [1.807, 2.05) is 6.07 Å². The van der Waals surface area contributed by atoms with Crippen LogP contribution in [0.25, 0.3) is 0 Å². The normalized spacial score (nSPS) is 11.2. The van der Waals surface area contributed by atoms with Crippen molar-refractivity contribution in [3.8, 4) is 6.07 Å². The van der Waals surface area contributed by atoms with Gasteiger partial charge in [0.25, 0.3) is 0 Å². The van der Waals surface area contributed by atoms with Gasteiger partial charge in [0, 0.05) is 13.1 Å². The van der Waals surface area contributed by atoms with Crippen LogP contribution in [0.3, 0.4) is 0 Å². The smallest absolute Gasteiger partial charge is 0.304 e. The van der Waals surface area contributed by atoms with Crippen LogP contribution in [0, 0.1) is 11.3 Å². The van der Waals surface area contributed by atoms with E-state index >= 15 is 0 Å². The molecular weight excluding hydrogens is 268 g/mol. The number of carbonyl (C=O) groups is 1. The lowest BCUT2D eigenvalue weighted by atomic mass is 10.2. The zero-order valence-electron chi connectivity index (χ0n) is 10.4. The van der Waals surface area contributed by atoms with Gasteiger partial charge in [-0.05, 0) is 12.1 Å². The molecule has 0 heterocycles. The second kappa shape index (κ2) is 6.31. The molecule has 6 nitrogen and oxygen atoms in total. The van der Waals surface area contributed by atoms with Crippen molar-refractivity contribution in [3.63, 3.8) is 0 Å². The van der Waals surface area contributed by atoms with Crippen LogP contribution >= 0.6 is 0 Å². The number of benzene rings is 1. The zero-order chi connectivity index (χ0) is 14.5. The summed E-state index contributed by atoms with van der Waals surface area (Å²) in [5, 5.41) is 17.5. The lowest BCUT2D eigenvalue weighted by molar-refractivity contribution is -0.137. The average Bonchev–Trinajstić information content (AvgIpc) is 2.38. The van der Waals surface area contributed by atoms with E-state index in [9.17, 15) is 13.2 Å². The summed E-state index contributed by atoms with van der Waals surface area (Å²) in [4.78, 5) is 10.4. The Bertz CT molecular complexity index is 604. The molecule has 7 heteroatoms. The van der Waals surface area contributed by atoms with E-state index in [1.165, 1.54) is 18.2 Å². The molecule has 0 spiro atoms. The van der Waals surface area contributed by atoms with Gasteiger partial charge in [-0.15, -0.1) is 0 Å². The summed E-state index contributed by atoms with van der Waals surface area (Å²) in [6.07, 6.45) is -0.276. The standard InChI is InChI=1S/C12H14N2O4S/c1-2-14(8-7-12(15)16)19(17,18)11-6-4-3-5-10(11)9-13/h3-6H,2,7-8H2,1H3,(H,15,16). The molecule has 0 fully saturated rings.